The quantitative estimate of drug-likeness (QED) is 0.517. The molecule has 2 heterocycles. The molecular formula is C10H5N2O. The van der Waals surface area contributed by atoms with E-state index < -0.39 is 0 Å². The van der Waals surface area contributed by atoms with Gasteiger partial charge in [-0.2, -0.15) is 0 Å². The highest BCUT2D eigenvalue weighted by atomic mass is 16.3. The Morgan fingerprint density at radius 3 is 3.00 bits per heavy atom. The van der Waals surface area contributed by atoms with Gasteiger partial charge in [0.15, 0.2) is 6.26 Å². The van der Waals surface area contributed by atoms with Crippen LogP contribution in [0.1, 0.15) is 0 Å². The zero-order chi connectivity index (χ0) is 8.67. The van der Waals surface area contributed by atoms with Crippen molar-refractivity contribution in [2.45, 2.75) is 0 Å². The highest BCUT2D eigenvalue weighted by Gasteiger charge is 2.03. The van der Waals surface area contributed by atoms with Gasteiger partial charge in [-0.25, -0.2) is 0 Å². The normalized spacial score (nSPS) is 11.1. The van der Waals surface area contributed by atoms with Crippen LogP contribution < -0.4 is 0 Å². The smallest absolute Gasteiger partial charge is 0.199 e. The molecule has 2 aromatic heterocycles. The third-order valence-corrected chi connectivity index (χ3v) is 2.04. The zero-order valence-corrected chi connectivity index (χ0v) is 6.69. The SMILES string of the molecule is [c]1occ2c1nnc1ccccc12. The van der Waals surface area contributed by atoms with E-state index in [1.165, 1.54) is 0 Å². The molecule has 0 unspecified atom stereocenters. The molecule has 0 bridgehead atoms. The summed E-state index contributed by atoms with van der Waals surface area (Å²) in [6, 6.07) is 7.83. The summed E-state index contributed by atoms with van der Waals surface area (Å²) in [5, 5.41) is 10.0. The van der Waals surface area contributed by atoms with Gasteiger partial charge in [0.1, 0.15) is 11.8 Å². The standard InChI is InChI=1S/C10H5N2O/c1-2-4-9-7(3-1)8-5-13-6-10(8)12-11-9/h1-5H. The molecule has 0 saturated heterocycles. The summed E-state index contributed by atoms with van der Waals surface area (Å²) in [6.07, 6.45) is 4.31. The van der Waals surface area contributed by atoms with Crippen LogP contribution in [0, 0.1) is 6.26 Å². The number of benzene rings is 1. The Morgan fingerprint density at radius 1 is 1.08 bits per heavy atom. The highest BCUT2D eigenvalue weighted by molar-refractivity contribution is 6.02. The van der Waals surface area contributed by atoms with E-state index in [1.807, 2.05) is 24.3 Å². The number of fused-ring (bicyclic) bond motifs is 3. The van der Waals surface area contributed by atoms with Crippen LogP contribution in [0.15, 0.2) is 34.9 Å². The number of nitrogens with zero attached hydrogens (tertiary/aromatic N) is 2. The second-order valence-electron chi connectivity index (χ2n) is 2.82. The number of hydrogen-bond acceptors (Lipinski definition) is 3. The fraction of sp³-hybridized carbons (Fsp3) is 0. The maximum atomic E-state index is 4.95. The van der Waals surface area contributed by atoms with Gasteiger partial charge in [-0.05, 0) is 6.07 Å². The molecule has 3 aromatic rings. The minimum absolute atomic E-state index is 0.679. The molecule has 0 aliphatic rings. The van der Waals surface area contributed by atoms with Gasteiger partial charge in [0.2, 0.25) is 0 Å². The van der Waals surface area contributed by atoms with Crippen LogP contribution in [-0.2, 0) is 0 Å². The van der Waals surface area contributed by atoms with Crippen molar-refractivity contribution in [1.29, 1.82) is 0 Å². The molecule has 0 N–H and O–H groups in total. The molecule has 1 radical (unpaired) electrons. The highest BCUT2D eigenvalue weighted by Crippen LogP contribution is 2.21. The molecule has 3 rings (SSSR count). The first kappa shape index (κ1) is 6.60. The van der Waals surface area contributed by atoms with E-state index in [9.17, 15) is 0 Å². The van der Waals surface area contributed by atoms with Crippen molar-refractivity contribution in [1.82, 2.24) is 10.2 Å². The van der Waals surface area contributed by atoms with Gasteiger partial charge >= 0.3 is 0 Å². The summed E-state index contributed by atoms with van der Waals surface area (Å²) < 4.78 is 4.95. The lowest BCUT2D eigenvalue weighted by Crippen LogP contribution is -1.83. The predicted molar refractivity (Wildman–Crippen MR) is 48.1 cm³/mol. The number of rotatable bonds is 0. The Morgan fingerprint density at radius 2 is 2.00 bits per heavy atom. The summed E-state index contributed by atoms with van der Waals surface area (Å²) in [4.78, 5) is 0. The topological polar surface area (TPSA) is 38.9 Å². The number of furan rings is 1. The fourth-order valence-electron chi connectivity index (χ4n) is 1.41. The van der Waals surface area contributed by atoms with E-state index in [0.29, 0.717) is 5.52 Å². The van der Waals surface area contributed by atoms with Gasteiger partial charge in [0.25, 0.3) is 0 Å². The summed E-state index contributed by atoms with van der Waals surface area (Å²) in [7, 11) is 0. The van der Waals surface area contributed by atoms with E-state index in [2.05, 4.69) is 16.5 Å². The maximum absolute atomic E-state index is 4.95. The molecule has 3 nitrogen and oxygen atoms in total. The van der Waals surface area contributed by atoms with Crippen molar-refractivity contribution in [2.24, 2.45) is 0 Å². The molecule has 0 atom stereocenters. The third kappa shape index (κ3) is 0.839. The van der Waals surface area contributed by atoms with Crippen molar-refractivity contribution in [3.05, 3.63) is 36.8 Å². The summed E-state index contributed by atoms with van der Waals surface area (Å²) in [6.45, 7) is 0. The van der Waals surface area contributed by atoms with Crippen molar-refractivity contribution < 1.29 is 4.42 Å². The Kier molecular flexibility index (Phi) is 1.16. The molecule has 0 aliphatic carbocycles. The Bertz CT molecular complexity index is 571. The Hall–Kier alpha value is -1.90. The van der Waals surface area contributed by atoms with E-state index >= 15 is 0 Å². The van der Waals surface area contributed by atoms with Crippen LogP contribution >= 0.6 is 0 Å². The molecule has 13 heavy (non-hydrogen) atoms. The molecule has 0 spiro atoms. The first-order chi connectivity index (χ1) is 6.45. The van der Waals surface area contributed by atoms with Gasteiger partial charge in [0, 0.05) is 5.39 Å². The number of aromatic nitrogens is 2. The average Bonchev–Trinajstić information content (AvgIpc) is 2.65. The molecule has 0 aliphatic heterocycles. The molecule has 3 heteroatoms. The van der Waals surface area contributed by atoms with Gasteiger partial charge in [-0.3, -0.25) is 0 Å². The first-order valence-electron chi connectivity index (χ1n) is 3.95. The van der Waals surface area contributed by atoms with Crippen LogP contribution in [0.4, 0.5) is 0 Å². The lowest BCUT2D eigenvalue weighted by atomic mass is 10.2. The van der Waals surface area contributed by atoms with Crippen LogP contribution in [-0.4, -0.2) is 10.2 Å². The minimum atomic E-state index is 0.679. The van der Waals surface area contributed by atoms with E-state index in [0.717, 1.165) is 16.3 Å². The zero-order valence-electron chi connectivity index (χ0n) is 6.69. The van der Waals surface area contributed by atoms with E-state index in [4.69, 9.17) is 4.42 Å². The number of hydrogen-bond donors (Lipinski definition) is 0. The van der Waals surface area contributed by atoms with Crippen molar-refractivity contribution in [3.8, 4) is 0 Å². The van der Waals surface area contributed by atoms with Gasteiger partial charge in [-0.15, -0.1) is 10.2 Å². The summed E-state index contributed by atoms with van der Waals surface area (Å²) in [5.41, 5.74) is 1.56. The molecule has 0 fully saturated rings. The van der Waals surface area contributed by atoms with Crippen molar-refractivity contribution >= 4 is 21.8 Å². The van der Waals surface area contributed by atoms with Gasteiger partial charge in [-0.1, -0.05) is 18.2 Å². The van der Waals surface area contributed by atoms with E-state index in [-0.39, 0.29) is 0 Å². The lowest BCUT2D eigenvalue weighted by molar-refractivity contribution is 0.562. The van der Waals surface area contributed by atoms with Crippen LogP contribution in [0.3, 0.4) is 0 Å². The minimum Gasteiger partial charge on any atom is -0.458 e. The van der Waals surface area contributed by atoms with Crippen LogP contribution in [0.2, 0.25) is 0 Å². The van der Waals surface area contributed by atoms with Gasteiger partial charge in [0.05, 0.1) is 10.9 Å². The van der Waals surface area contributed by atoms with Crippen molar-refractivity contribution in [2.75, 3.05) is 0 Å². The monoisotopic (exact) mass is 169 g/mol. The van der Waals surface area contributed by atoms with E-state index in [1.54, 1.807) is 6.26 Å². The van der Waals surface area contributed by atoms with Crippen LogP contribution in [0.5, 0.6) is 0 Å². The first-order valence-corrected chi connectivity index (χ1v) is 3.95. The van der Waals surface area contributed by atoms with Crippen molar-refractivity contribution in [3.63, 3.8) is 0 Å². The van der Waals surface area contributed by atoms with Gasteiger partial charge < -0.3 is 4.42 Å². The maximum Gasteiger partial charge on any atom is 0.199 e. The Labute approximate surface area is 74.0 Å². The average molecular weight is 169 g/mol. The largest absolute Gasteiger partial charge is 0.458 e. The molecule has 0 saturated carbocycles. The second-order valence-corrected chi connectivity index (χ2v) is 2.82. The molecule has 61 valence electrons. The molecule has 1 aromatic carbocycles. The fourth-order valence-corrected chi connectivity index (χ4v) is 1.41. The summed E-state index contributed by atoms with van der Waals surface area (Å²) in [5.74, 6) is 0. The van der Waals surface area contributed by atoms with Crippen LogP contribution in [0.25, 0.3) is 21.8 Å². The lowest BCUT2D eigenvalue weighted by Gasteiger charge is -1.94. The summed E-state index contributed by atoms with van der Waals surface area (Å²) >= 11 is 0. The second kappa shape index (κ2) is 2.29. The molecule has 0 amide bonds. The Balaban J connectivity index is 2.65. The predicted octanol–water partition coefficient (Wildman–Crippen LogP) is 2.18. The third-order valence-electron chi connectivity index (χ3n) is 2.04. The molecular weight excluding hydrogens is 164 g/mol.